The van der Waals surface area contributed by atoms with Crippen molar-refractivity contribution in [2.75, 3.05) is 13.2 Å². The summed E-state index contributed by atoms with van der Waals surface area (Å²) >= 11 is 0. The fraction of sp³-hybridized carbons (Fsp3) is 0.643. The zero-order chi connectivity index (χ0) is 35.2. The van der Waals surface area contributed by atoms with Gasteiger partial charge in [0.05, 0.1) is 24.2 Å². The number of hydrogen-bond acceptors (Lipinski definition) is 6. The Hall–Kier alpha value is -3.15. The van der Waals surface area contributed by atoms with E-state index in [4.69, 9.17) is 13.9 Å². The van der Waals surface area contributed by atoms with Gasteiger partial charge in [0.15, 0.2) is 0 Å². The number of aryl methyl sites for hydroxylation is 2. The monoisotopic (exact) mass is 661 g/mol. The van der Waals surface area contributed by atoms with Crippen molar-refractivity contribution in [1.29, 1.82) is 0 Å². The maximum atomic E-state index is 13.0. The summed E-state index contributed by atoms with van der Waals surface area (Å²) in [6.45, 7) is 18.3. The highest BCUT2D eigenvalue weighted by Gasteiger charge is 2.37. The summed E-state index contributed by atoms with van der Waals surface area (Å²) in [5, 5.41) is 0.790. The van der Waals surface area contributed by atoms with Gasteiger partial charge in [-0.3, -0.25) is 4.79 Å². The van der Waals surface area contributed by atoms with E-state index in [0.717, 1.165) is 62.3 Å². The molecule has 1 unspecified atom stereocenters. The molecule has 0 amide bonds. The average Bonchev–Trinajstić information content (AvgIpc) is 3.04. The number of esters is 1. The number of fused-ring (bicyclic) bond motifs is 1. The lowest BCUT2D eigenvalue weighted by Crippen LogP contribution is -2.35. The van der Waals surface area contributed by atoms with E-state index in [1.807, 2.05) is 32.0 Å². The molecule has 0 saturated heterocycles. The Morgan fingerprint density at radius 2 is 1.48 bits per heavy atom. The van der Waals surface area contributed by atoms with E-state index in [-0.39, 0.29) is 22.9 Å². The minimum atomic E-state index is -0.457. The Labute approximate surface area is 290 Å². The second-order valence-electron chi connectivity index (χ2n) is 15.5. The smallest absolute Gasteiger partial charge is 0.345 e. The van der Waals surface area contributed by atoms with Crippen LogP contribution in [0.25, 0.3) is 22.2 Å². The Balaban J connectivity index is 1.33. The fourth-order valence-electron chi connectivity index (χ4n) is 6.36. The number of rotatable bonds is 21. The number of hydrogen-bond donors (Lipinski definition) is 0. The normalized spacial score (nSPS) is 12.8. The van der Waals surface area contributed by atoms with E-state index >= 15 is 0 Å². The van der Waals surface area contributed by atoms with Gasteiger partial charge in [0.25, 0.3) is 0 Å². The molecule has 6 heteroatoms. The lowest BCUT2D eigenvalue weighted by molar-refractivity contribution is -0.157. The first-order chi connectivity index (χ1) is 22.9. The van der Waals surface area contributed by atoms with Gasteiger partial charge in [-0.1, -0.05) is 111 Å². The summed E-state index contributed by atoms with van der Waals surface area (Å²) < 4.78 is 17.2. The van der Waals surface area contributed by atoms with Crippen LogP contribution in [0.3, 0.4) is 0 Å². The predicted octanol–water partition coefficient (Wildman–Crippen LogP) is 11.3. The van der Waals surface area contributed by atoms with Crippen LogP contribution in [0.1, 0.15) is 144 Å². The van der Waals surface area contributed by atoms with Crippen LogP contribution in [0, 0.1) is 16.7 Å². The van der Waals surface area contributed by atoms with Crippen molar-refractivity contribution < 1.29 is 18.7 Å². The number of nitrogens with zero attached hydrogens (tertiary/aromatic N) is 1. The molecule has 3 rings (SSSR count). The standard InChI is InChI=1S/C42H63NO5/c1-9-11-18-21-32-22-24-35(33(10-2)28-32)36-29-34-23-25-37(43-38(34)48-39(36)44)46-26-19-16-14-12-13-15-17-20-27-47-40(45)42(7,8)31(3)30-41(4,5)6/h22-25,28-29,31H,9-21,26-27,30H2,1-8H3. The van der Waals surface area contributed by atoms with E-state index in [1.54, 1.807) is 0 Å². The van der Waals surface area contributed by atoms with Gasteiger partial charge >= 0.3 is 11.6 Å². The van der Waals surface area contributed by atoms with Gasteiger partial charge in [0.1, 0.15) is 0 Å². The number of ether oxygens (including phenoxy) is 2. The van der Waals surface area contributed by atoms with E-state index < -0.39 is 5.41 Å². The van der Waals surface area contributed by atoms with E-state index in [1.165, 1.54) is 49.7 Å². The van der Waals surface area contributed by atoms with Crippen molar-refractivity contribution >= 4 is 17.1 Å². The third kappa shape index (κ3) is 12.4. The third-order valence-corrected chi connectivity index (χ3v) is 9.68. The molecule has 0 bridgehead atoms. The second kappa shape index (κ2) is 19.1. The summed E-state index contributed by atoms with van der Waals surface area (Å²) in [7, 11) is 0. The van der Waals surface area contributed by atoms with Crippen LogP contribution in [-0.2, 0) is 22.4 Å². The number of aromatic nitrogens is 1. The van der Waals surface area contributed by atoms with Crippen LogP contribution < -0.4 is 10.4 Å². The highest BCUT2D eigenvalue weighted by molar-refractivity contribution is 5.80. The van der Waals surface area contributed by atoms with Crippen molar-refractivity contribution in [3.63, 3.8) is 0 Å². The zero-order valence-corrected chi connectivity index (χ0v) is 31.3. The van der Waals surface area contributed by atoms with Crippen LogP contribution in [0.15, 0.2) is 45.6 Å². The Bertz CT molecular complexity index is 1480. The molecule has 0 aliphatic carbocycles. The average molecular weight is 662 g/mol. The maximum Gasteiger partial charge on any atom is 0.345 e. The molecule has 3 aromatic rings. The zero-order valence-electron chi connectivity index (χ0n) is 31.3. The summed E-state index contributed by atoms with van der Waals surface area (Å²) in [5.74, 6) is 0.689. The summed E-state index contributed by atoms with van der Waals surface area (Å²) in [4.78, 5) is 30.2. The number of benzene rings is 1. The lowest BCUT2D eigenvalue weighted by atomic mass is 9.72. The lowest BCUT2D eigenvalue weighted by Gasteiger charge is -2.34. The van der Waals surface area contributed by atoms with Crippen molar-refractivity contribution in [2.45, 2.75) is 145 Å². The van der Waals surface area contributed by atoms with Gasteiger partial charge in [0, 0.05) is 11.5 Å². The molecule has 0 radical (unpaired) electrons. The van der Waals surface area contributed by atoms with Crippen LogP contribution in [0.5, 0.6) is 5.88 Å². The van der Waals surface area contributed by atoms with Gasteiger partial charge in [0.2, 0.25) is 11.6 Å². The minimum Gasteiger partial charge on any atom is -0.478 e. The largest absolute Gasteiger partial charge is 0.478 e. The highest BCUT2D eigenvalue weighted by atomic mass is 16.5. The molecule has 0 aliphatic heterocycles. The molecule has 2 aromatic heterocycles. The van der Waals surface area contributed by atoms with Gasteiger partial charge in [-0.15, -0.1) is 0 Å². The van der Waals surface area contributed by atoms with Gasteiger partial charge < -0.3 is 13.9 Å². The van der Waals surface area contributed by atoms with Crippen molar-refractivity contribution in [3.05, 3.63) is 57.9 Å². The Kier molecular flexibility index (Phi) is 15.7. The fourth-order valence-corrected chi connectivity index (χ4v) is 6.36. The molecule has 1 atom stereocenters. The van der Waals surface area contributed by atoms with Crippen LogP contribution >= 0.6 is 0 Å². The number of carbonyl (C=O) groups excluding carboxylic acids is 1. The molecule has 1 aromatic carbocycles. The van der Waals surface area contributed by atoms with E-state index in [2.05, 4.69) is 64.7 Å². The molecular formula is C42H63NO5. The second-order valence-corrected chi connectivity index (χ2v) is 15.5. The molecular weight excluding hydrogens is 598 g/mol. The highest BCUT2D eigenvalue weighted by Crippen LogP contribution is 2.37. The minimum absolute atomic E-state index is 0.0704. The van der Waals surface area contributed by atoms with E-state index in [0.29, 0.717) is 30.4 Å². The summed E-state index contributed by atoms with van der Waals surface area (Å²) in [6.07, 6.45) is 15.3. The first kappa shape index (κ1) is 39.3. The van der Waals surface area contributed by atoms with Gasteiger partial charge in [-0.05, 0) is 92.5 Å². The molecule has 266 valence electrons. The SMILES string of the molecule is CCCCCc1ccc(-c2cc3ccc(OCCCCCCCCCCOC(=O)C(C)(C)C(C)CC(C)(C)C)nc3oc2=O)c(CC)c1. The van der Waals surface area contributed by atoms with Crippen LogP contribution in [0.4, 0.5) is 0 Å². The number of pyridine rings is 1. The number of carbonyl (C=O) groups is 1. The van der Waals surface area contributed by atoms with Crippen molar-refractivity contribution in [3.8, 4) is 17.0 Å². The molecule has 48 heavy (non-hydrogen) atoms. The Morgan fingerprint density at radius 1 is 0.812 bits per heavy atom. The summed E-state index contributed by atoms with van der Waals surface area (Å²) in [6, 6.07) is 12.1. The Morgan fingerprint density at radius 3 is 2.12 bits per heavy atom. The quantitative estimate of drug-likeness (QED) is 0.0835. The van der Waals surface area contributed by atoms with Crippen molar-refractivity contribution in [2.24, 2.45) is 16.7 Å². The summed E-state index contributed by atoms with van der Waals surface area (Å²) in [5.41, 5.74) is 3.70. The van der Waals surface area contributed by atoms with Gasteiger partial charge in [-0.2, -0.15) is 4.98 Å². The first-order valence-corrected chi connectivity index (χ1v) is 18.7. The van der Waals surface area contributed by atoms with Crippen LogP contribution in [0.2, 0.25) is 0 Å². The molecule has 2 heterocycles. The maximum absolute atomic E-state index is 13.0. The molecule has 0 spiro atoms. The molecule has 0 saturated carbocycles. The molecule has 0 fully saturated rings. The van der Waals surface area contributed by atoms with E-state index in [9.17, 15) is 9.59 Å². The number of unbranched alkanes of at least 4 members (excludes halogenated alkanes) is 9. The van der Waals surface area contributed by atoms with Gasteiger partial charge in [-0.25, -0.2) is 4.79 Å². The molecule has 0 aliphatic rings. The predicted molar refractivity (Wildman–Crippen MR) is 199 cm³/mol. The van der Waals surface area contributed by atoms with Crippen molar-refractivity contribution in [1.82, 2.24) is 4.98 Å². The van der Waals surface area contributed by atoms with Crippen LogP contribution in [-0.4, -0.2) is 24.2 Å². The third-order valence-electron chi connectivity index (χ3n) is 9.68. The molecule has 6 nitrogen and oxygen atoms in total. The first-order valence-electron chi connectivity index (χ1n) is 18.7. The molecule has 0 N–H and O–H groups in total. The topological polar surface area (TPSA) is 78.6 Å².